The van der Waals surface area contributed by atoms with Gasteiger partial charge in [0.2, 0.25) is 0 Å². The summed E-state index contributed by atoms with van der Waals surface area (Å²) < 4.78 is 0. The van der Waals surface area contributed by atoms with Crippen molar-refractivity contribution in [1.82, 2.24) is 4.98 Å². The number of carbonyl (C=O) groups is 1. The van der Waals surface area contributed by atoms with Crippen LogP contribution in [0.2, 0.25) is 5.02 Å². The molecular formula is C14H11ClN2OS. The highest BCUT2D eigenvalue weighted by Crippen LogP contribution is 2.22. The van der Waals surface area contributed by atoms with Crippen molar-refractivity contribution in [1.29, 1.82) is 0 Å². The Kier molecular flexibility index (Phi) is 4.20. The highest BCUT2D eigenvalue weighted by molar-refractivity contribution is 7.13. The predicted octanol–water partition coefficient (Wildman–Crippen LogP) is 3.38. The number of carbonyl (C=O) groups excluding carboxylic acids is 1. The number of aryl methyl sites for hydroxylation is 1. The molecule has 0 saturated heterocycles. The molecule has 96 valence electrons. The molecule has 1 amide bonds. The average molecular weight is 291 g/mol. The second kappa shape index (κ2) is 5.87. The van der Waals surface area contributed by atoms with Crippen LogP contribution in [-0.2, 0) is 0 Å². The van der Waals surface area contributed by atoms with Crippen LogP contribution in [0.25, 0.3) is 0 Å². The van der Waals surface area contributed by atoms with E-state index in [1.807, 2.05) is 6.92 Å². The molecule has 2 aromatic rings. The molecular weight excluding hydrogens is 280 g/mol. The Labute approximate surface area is 120 Å². The first kappa shape index (κ1) is 13.6. The second-order valence-corrected chi connectivity index (χ2v) is 5.24. The van der Waals surface area contributed by atoms with Crippen LogP contribution in [-0.4, -0.2) is 17.4 Å². The zero-order valence-electron chi connectivity index (χ0n) is 10.3. The van der Waals surface area contributed by atoms with Gasteiger partial charge in [-0.15, -0.1) is 17.8 Å². The largest absolute Gasteiger partial charge is 0.272 e. The Morgan fingerprint density at radius 1 is 1.53 bits per heavy atom. The van der Waals surface area contributed by atoms with Gasteiger partial charge in [0.15, 0.2) is 5.13 Å². The number of rotatable bonds is 3. The summed E-state index contributed by atoms with van der Waals surface area (Å²) in [5.41, 5.74) is 1.44. The van der Waals surface area contributed by atoms with Crippen molar-refractivity contribution in [2.45, 2.75) is 6.92 Å². The molecule has 0 aliphatic heterocycles. The number of hydrogen-bond acceptors (Lipinski definition) is 3. The molecule has 0 spiro atoms. The maximum absolute atomic E-state index is 12.5. The van der Waals surface area contributed by atoms with E-state index in [1.165, 1.54) is 16.2 Å². The van der Waals surface area contributed by atoms with Crippen molar-refractivity contribution in [3.63, 3.8) is 0 Å². The normalized spacial score (nSPS) is 9.95. The Balaban J connectivity index is 2.37. The summed E-state index contributed by atoms with van der Waals surface area (Å²) in [5.74, 6) is 2.28. The number of aromatic nitrogens is 1. The number of benzene rings is 1. The third-order valence-electron chi connectivity index (χ3n) is 2.43. The van der Waals surface area contributed by atoms with Gasteiger partial charge in [-0.05, 0) is 30.7 Å². The molecule has 1 heterocycles. The number of amides is 1. The lowest BCUT2D eigenvalue weighted by atomic mass is 10.1. The molecule has 19 heavy (non-hydrogen) atoms. The van der Waals surface area contributed by atoms with Crippen LogP contribution in [0.1, 0.15) is 15.9 Å². The van der Waals surface area contributed by atoms with Crippen LogP contribution < -0.4 is 4.90 Å². The molecule has 0 aliphatic rings. The van der Waals surface area contributed by atoms with Crippen molar-refractivity contribution in [3.05, 3.63) is 45.9 Å². The van der Waals surface area contributed by atoms with Crippen LogP contribution >= 0.6 is 22.9 Å². The minimum Gasteiger partial charge on any atom is -0.272 e. The van der Waals surface area contributed by atoms with E-state index in [1.54, 1.807) is 29.8 Å². The van der Waals surface area contributed by atoms with E-state index in [-0.39, 0.29) is 12.5 Å². The molecule has 1 aromatic carbocycles. The van der Waals surface area contributed by atoms with Crippen molar-refractivity contribution >= 4 is 34.0 Å². The zero-order valence-corrected chi connectivity index (χ0v) is 11.8. The number of halogens is 1. The molecule has 0 radical (unpaired) electrons. The number of anilines is 1. The fourth-order valence-corrected chi connectivity index (χ4v) is 2.61. The van der Waals surface area contributed by atoms with E-state index >= 15 is 0 Å². The van der Waals surface area contributed by atoms with Gasteiger partial charge >= 0.3 is 0 Å². The van der Waals surface area contributed by atoms with Crippen LogP contribution in [0.3, 0.4) is 0 Å². The molecule has 0 unspecified atom stereocenters. The molecule has 0 bridgehead atoms. The molecule has 0 atom stereocenters. The average Bonchev–Trinajstić information content (AvgIpc) is 2.87. The summed E-state index contributed by atoms with van der Waals surface area (Å²) in [5, 5.41) is 2.92. The Bertz CT molecular complexity index is 611. The van der Waals surface area contributed by atoms with Gasteiger partial charge in [-0.3, -0.25) is 9.69 Å². The summed E-state index contributed by atoms with van der Waals surface area (Å²) in [6.45, 7) is 2.06. The van der Waals surface area contributed by atoms with E-state index < -0.39 is 0 Å². The van der Waals surface area contributed by atoms with Crippen molar-refractivity contribution < 1.29 is 4.79 Å². The maximum atomic E-state index is 12.5. The van der Waals surface area contributed by atoms with Gasteiger partial charge in [-0.1, -0.05) is 17.5 Å². The highest BCUT2D eigenvalue weighted by atomic mass is 35.5. The second-order valence-electron chi connectivity index (χ2n) is 3.93. The number of thiazole rings is 1. The fourth-order valence-electron chi connectivity index (χ4n) is 1.68. The first-order valence-electron chi connectivity index (χ1n) is 5.54. The lowest BCUT2D eigenvalue weighted by molar-refractivity contribution is 0.0990. The fraction of sp³-hybridized carbons (Fsp3) is 0.143. The maximum Gasteiger partial charge on any atom is 0.260 e. The number of terminal acetylenes is 1. The standard InChI is InChI=1S/C14H11ClN2OS/c1-3-5-17(14-16-4-6-19-14)13(18)11-7-10(2)8-12(15)9-11/h1,4,6-9H,5H2,2H3. The van der Waals surface area contributed by atoms with Gasteiger partial charge in [-0.25, -0.2) is 4.98 Å². The van der Waals surface area contributed by atoms with E-state index in [2.05, 4.69) is 10.9 Å². The summed E-state index contributed by atoms with van der Waals surface area (Å²) in [4.78, 5) is 18.1. The zero-order chi connectivity index (χ0) is 13.8. The monoisotopic (exact) mass is 290 g/mol. The van der Waals surface area contributed by atoms with Crippen LogP contribution in [0.4, 0.5) is 5.13 Å². The van der Waals surface area contributed by atoms with Gasteiger partial charge in [0.1, 0.15) is 0 Å². The first-order chi connectivity index (χ1) is 9.11. The molecule has 0 saturated carbocycles. The van der Waals surface area contributed by atoms with Crippen molar-refractivity contribution in [2.75, 3.05) is 11.4 Å². The molecule has 0 N–H and O–H groups in total. The minimum absolute atomic E-state index is 0.178. The van der Waals surface area contributed by atoms with Crippen LogP contribution in [0.15, 0.2) is 29.8 Å². The Morgan fingerprint density at radius 3 is 2.89 bits per heavy atom. The van der Waals surface area contributed by atoms with E-state index in [0.717, 1.165) is 5.56 Å². The highest BCUT2D eigenvalue weighted by Gasteiger charge is 2.19. The SMILES string of the molecule is C#CCN(C(=O)c1cc(C)cc(Cl)c1)c1nccs1. The predicted molar refractivity (Wildman–Crippen MR) is 78.8 cm³/mol. The lowest BCUT2D eigenvalue weighted by Gasteiger charge is -2.17. The van der Waals surface area contributed by atoms with Crippen molar-refractivity contribution in [2.24, 2.45) is 0 Å². The third kappa shape index (κ3) is 3.14. The smallest absolute Gasteiger partial charge is 0.260 e. The summed E-state index contributed by atoms with van der Waals surface area (Å²) in [6, 6.07) is 5.21. The lowest BCUT2D eigenvalue weighted by Crippen LogP contribution is -2.31. The molecule has 5 heteroatoms. The quantitative estimate of drug-likeness (QED) is 0.812. The molecule has 2 rings (SSSR count). The molecule has 1 aromatic heterocycles. The van der Waals surface area contributed by atoms with E-state index in [9.17, 15) is 4.79 Å². The van der Waals surface area contributed by atoms with Gasteiger partial charge in [-0.2, -0.15) is 0 Å². The summed E-state index contributed by atoms with van der Waals surface area (Å²) in [7, 11) is 0. The summed E-state index contributed by atoms with van der Waals surface area (Å²) in [6.07, 6.45) is 6.96. The minimum atomic E-state index is -0.196. The van der Waals surface area contributed by atoms with E-state index in [4.69, 9.17) is 18.0 Å². The van der Waals surface area contributed by atoms with Gasteiger partial charge in [0.25, 0.3) is 5.91 Å². The van der Waals surface area contributed by atoms with Gasteiger partial charge in [0, 0.05) is 22.2 Å². The van der Waals surface area contributed by atoms with Gasteiger partial charge < -0.3 is 0 Å². The Morgan fingerprint density at radius 2 is 2.32 bits per heavy atom. The van der Waals surface area contributed by atoms with Crippen LogP contribution in [0, 0.1) is 19.3 Å². The first-order valence-corrected chi connectivity index (χ1v) is 6.79. The van der Waals surface area contributed by atoms with Crippen LogP contribution in [0.5, 0.6) is 0 Å². The summed E-state index contributed by atoms with van der Waals surface area (Å²) >= 11 is 7.34. The molecule has 0 aliphatic carbocycles. The van der Waals surface area contributed by atoms with Crippen molar-refractivity contribution in [3.8, 4) is 12.3 Å². The number of nitrogens with zero attached hydrogens (tertiary/aromatic N) is 2. The third-order valence-corrected chi connectivity index (χ3v) is 3.45. The molecule has 0 fully saturated rings. The Hall–Kier alpha value is -1.83. The number of hydrogen-bond donors (Lipinski definition) is 0. The molecule has 3 nitrogen and oxygen atoms in total. The van der Waals surface area contributed by atoms with Gasteiger partial charge in [0.05, 0.1) is 6.54 Å². The van der Waals surface area contributed by atoms with E-state index in [0.29, 0.717) is 15.7 Å². The topological polar surface area (TPSA) is 33.2 Å².